The Balaban J connectivity index is 1.81. The van der Waals surface area contributed by atoms with Gasteiger partial charge in [0.25, 0.3) is 0 Å². The molecule has 20 heavy (non-hydrogen) atoms. The largest absolute Gasteiger partial charge is 0.401 e. The summed E-state index contributed by atoms with van der Waals surface area (Å²) in [6.45, 7) is 4.65. The molecular formula is C13H24F3N3O. The van der Waals surface area contributed by atoms with Crippen molar-refractivity contribution in [1.82, 2.24) is 9.80 Å². The molecule has 1 saturated heterocycles. The van der Waals surface area contributed by atoms with Gasteiger partial charge in [0.05, 0.1) is 12.6 Å². The summed E-state index contributed by atoms with van der Waals surface area (Å²) in [6.07, 6.45) is -2.05. The number of nitrogens with two attached hydrogens (primary N) is 1. The summed E-state index contributed by atoms with van der Waals surface area (Å²) in [5, 5.41) is 0. The number of ether oxygens (including phenoxy) is 1. The molecule has 2 N–H and O–H groups in total. The number of nitrogens with zero attached hydrogens (tertiary/aromatic N) is 2. The summed E-state index contributed by atoms with van der Waals surface area (Å²) in [6, 6.07) is 0. The van der Waals surface area contributed by atoms with Gasteiger partial charge in [0.1, 0.15) is 0 Å². The van der Waals surface area contributed by atoms with Gasteiger partial charge in [-0.2, -0.15) is 13.2 Å². The third kappa shape index (κ3) is 3.63. The highest BCUT2D eigenvalue weighted by Gasteiger charge is 2.48. The molecule has 1 heterocycles. The van der Waals surface area contributed by atoms with E-state index >= 15 is 0 Å². The highest BCUT2D eigenvalue weighted by Crippen LogP contribution is 2.39. The van der Waals surface area contributed by atoms with Crippen LogP contribution >= 0.6 is 0 Å². The number of piperazine rings is 1. The molecule has 0 amide bonds. The van der Waals surface area contributed by atoms with Crippen LogP contribution in [0.3, 0.4) is 0 Å². The molecule has 1 aliphatic carbocycles. The Labute approximate surface area is 118 Å². The number of rotatable bonds is 5. The zero-order valence-corrected chi connectivity index (χ0v) is 12.0. The summed E-state index contributed by atoms with van der Waals surface area (Å²) < 4.78 is 42.6. The predicted molar refractivity (Wildman–Crippen MR) is 70.5 cm³/mol. The molecule has 0 spiro atoms. The zero-order valence-electron chi connectivity index (χ0n) is 12.0. The first-order chi connectivity index (χ1) is 9.38. The topological polar surface area (TPSA) is 41.7 Å². The fraction of sp³-hybridized carbons (Fsp3) is 1.00. The Morgan fingerprint density at radius 2 is 1.80 bits per heavy atom. The van der Waals surface area contributed by atoms with Crippen molar-refractivity contribution in [3.8, 4) is 0 Å². The highest BCUT2D eigenvalue weighted by atomic mass is 19.4. The van der Waals surface area contributed by atoms with Gasteiger partial charge in [-0.1, -0.05) is 0 Å². The summed E-state index contributed by atoms with van der Waals surface area (Å²) >= 11 is 0. The first-order valence-electron chi connectivity index (χ1n) is 7.24. The molecule has 0 unspecified atom stereocenters. The first-order valence-corrected chi connectivity index (χ1v) is 7.24. The van der Waals surface area contributed by atoms with Gasteiger partial charge < -0.3 is 10.5 Å². The van der Waals surface area contributed by atoms with E-state index < -0.39 is 12.7 Å². The fourth-order valence-corrected chi connectivity index (χ4v) is 3.33. The second-order valence-electron chi connectivity index (χ2n) is 5.79. The van der Waals surface area contributed by atoms with Crippen LogP contribution in [0.15, 0.2) is 0 Å². The van der Waals surface area contributed by atoms with E-state index in [1.165, 1.54) is 4.90 Å². The lowest BCUT2D eigenvalue weighted by Crippen LogP contribution is -2.67. The van der Waals surface area contributed by atoms with Crippen LogP contribution in [-0.2, 0) is 4.74 Å². The Hall–Kier alpha value is -0.370. The normalized spacial score (nSPS) is 33.1. The fourth-order valence-electron chi connectivity index (χ4n) is 3.33. The molecule has 2 aliphatic rings. The van der Waals surface area contributed by atoms with Gasteiger partial charge in [0.2, 0.25) is 0 Å². The molecule has 2 fully saturated rings. The summed E-state index contributed by atoms with van der Waals surface area (Å²) in [5.41, 5.74) is 5.85. The number of hydrogen-bond donors (Lipinski definition) is 1. The van der Waals surface area contributed by atoms with Crippen LogP contribution < -0.4 is 5.73 Å². The van der Waals surface area contributed by atoms with E-state index in [1.807, 2.05) is 6.92 Å². The highest BCUT2D eigenvalue weighted by molar-refractivity contribution is 5.05. The molecule has 2 rings (SSSR count). The maximum Gasteiger partial charge on any atom is 0.401 e. The first kappa shape index (κ1) is 16.0. The molecule has 0 aromatic carbocycles. The predicted octanol–water partition coefficient (Wildman–Crippen LogP) is 1.06. The maximum absolute atomic E-state index is 12.4. The van der Waals surface area contributed by atoms with E-state index in [4.69, 9.17) is 10.5 Å². The van der Waals surface area contributed by atoms with Crippen LogP contribution in [0.2, 0.25) is 0 Å². The van der Waals surface area contributed by atoms with Crippen molar-refractivity contribution in [3.05, 3.63) is 0 Å². The van der Waals surface area contributed by atoms with Crippen molar-refractivity contribution in [2.75, 3.05) is 45.9 Å². The SMILES string of the molecule is CCOC1CC(CN)(N2CCN(CC(F)(F)F)CC2)C1. The number of halogens is 3. The van der Waals surface area contributed by atoms with Crippen LogP contribution in [0.4, 0.5) is 13.2 Å². The van der Waals surface area contributed by atoms with Crippen molar-refractivity contribution in [2.45, 2.75) is 37.6 Å². The molecule has 118 valence electrons. The van der Waals surface area contributed by atoms with Gasteiger partial charge >= 0.3 is 6.18 Å². The van der Waals surface area contributed by atoms with E-state index in [0.717, 1.165) is 12.8 Å². The molecule has 0 radical (unpaired) electrons. The van der Waals surface area contributed by atoms with Crippen LogP contribution in [0.1, 0.15) is 19.8 Å². The van der Waals surface area contributed by atoms with E-state index in [2.05, 4.69) is 4.90 Å². The monoisotopic (exact) mass is 295 g/mol. The third-order valence-corrected chi connectivity index (χ3v) is 4.44. The minimum absolute atomic E-state index is 0.0514. The molecule has 1 saturated carbocycles. The Morgan fingerprint density at radius 1 is 1.20 bits per heavy atom. The summed E-state index contributed by atoms with van der Waals surface area (Å²) in [7, 11) is 0. The van der Waals surface area contributed by atoms with Gasteiger partial charge in [-0.15, -0.1) is 0 Å². The van der Waals surface area contributed by atoms with E-state index in [-0.39, 0.29) is 11.6 Å². The van der Waals surface area contributed by atoms with Gasteiger partial charge in [0, 0.05) is 44.9 Å². The molecule has 0 atom stereocenters. The minimum Gasteiger partial charge on any atom is -0.378 e. The van der Waals surface area contributed by atoms with Crippen molar-refractivity contribution >= 4 is 0 Å². The quantitative estimate of drug-likeness (QED) is 0.823. The smallest absolute Gasteiger partial charge is 0.378 e. The van der Waals surface area contributed by atoms with Gasteiger partial charge in [-0.05, 0) is 19.8 Å². The Kier molecular flexibility index (Phi) is 4.94. The average Bonchev–Trinajstić information content (AvgIpc) is 2.33. The lowest BCUT2D eigenvalue weighted by atomic mass is 9.72. The molecule has 0 bridgehead atoms. The van der Waals surface area contributed by atoms with Gasteiger partial charge in [-0.3, -0.25) is 9.80 Å². The molecule has 0 aromatic rings. The second kappa shape index (κ2) is 6.17. The zero-order chi connectivity index (χ0) is 14.8. The maximum atomic E-state index is 12.4. The van der Waals surface area contributed by atoms with Gasteiger partial charge in [0.15, 0.2) is 0 Å². The standard InChI is InChI=1S/C13H24F3N3O/c1-2-20-11-7-12(8-11,9-17)19-5-3-18(4-6-19)10-13(14,15)16/h11H,2-10,17H2,1H3. The van der Waals surface area contributed by atoms with Crippen LogP contribution in [0.5, 0.6) is 0 Å². The molecule has 1 aliphatic heterocycles. The van der Waals surface area contributed by atoms with Crippen molar-refractivity contribution in [2.24, 2.45) is 5.73 Å². The van der Waals surface area contributed by atoms with Gasteiger partial charge in [-0.25, -0.2) is 0 Å². The molecule has 4 nitrogen and oxygen atoms in total. The lowest BCUT2D eigenvalue weighted by molar-refractivity contribution is -0.156. The van der Waals surface area contributed by atoms with Crippen molar-refractivity contribution in [1.29, 1.82) is 0 Å². The van der Waals surface area contributed by atoms with Crippen molar-refractivity contribution in [3.63, 3.8) is 0 Å². The number of alkyl halides is 3. The van der Waals surface area contributed by atoms with Crippen LogP contribution in [-0.4, -0.2) is 73.5 Å². The van der Waals surface area contributed by atoms with Crippen LogP contribution in [0.25, 0.3) is 0 Å². The van der Waals surface area contributed by atoms with Crippen molar-refractivity contribution < 1.29 is 17.9 Å². The lowest BCUT2D eigenvalue weighted by Gasteiger charge is -2.55. The third-order valence-electron chi connectivity index (χ3n) is 4.44. The Morgan fingerprint density at radius 3 is 2.25 bits per heavy atom. The molecular weight excluding hydrogens is 271 g/mol. The molecule has 7 heteroatoms. The summed E-state index contributed by atoms with van der Waals surface area (Å²) in [4.78, 5) is 3.73. The van der Waals surface area contributed by atoms with Crippen LogP contribution in [0, 0.1) is 0 Å². The minimum atomic E-state index is -4.11. The number of hydrogen-bond acceptors (Lipinski definition) is 4. The van der Waals surface area contributed by atoms with E-state index in [9.17, 15) is 13.2 Å². The Bertz CT molecular complexity index is 310. The summed E-state index contributed by atoms with van der Waals surface area (Å²) in [5.74, 6) is 0. The second-order valence-corrected chi connectivity index (χ2v) is 5.79. The molecule has 0 aromatic heterocycles. The van der Waals surface area contributed by atoms with E-state index in [1.54, 1.807) is 0 Å². The average molecular weight is 295 g/mol. The van der Waals surface area contributed by atoms with E-state index in [0.29, 0.717) is 39.3 Å².